The molecule has 0 bridgehead atoms. The van der Waals surface area contributed by atoms with Gasteiger partial charge in [-0.3, -0.25) is 5.32 Å². The standard InChI is InChI=1S/C11H13N3O2S/c15-7-3-4-9-8-12-10(17-9)13-11(16)14-5-1-2-6-14/h8,15H,1-2,5-7H2,(H,12,13,16). The number of thiazole rings is 1. The lowest BCUT2D eigenvalue weighted by atomic mass is 10.4. The van der Waals surface area contributed by atoms with Gasteiger partial charge in [0.1, 0.15) is 6.61 Å². The van der Waals surface area contributed by atoms with Gasteiger partial charge in [0.15, 0.2) is 5.13 Å². The summed E-state index contributed by atoms with van der Waals surface area (Å²) in [5, 5.41) is 11.8. The number of hydrogen-bond donors (Lipinski definition) is 2. The molecule has 0 saturated carbocycles. The molecule has 1 aliphatic rings. The zero-order valence-corrected chi connectivity index (χ0v) is 10.1. The third kappa shape index (κ3) is 3.19. The van der Waals surface area contributed by atoms with Gasteiger partial charge in [0, 0.05) is 13.1 Å². The number of rotatable bonds is 1. The summed E-state index contributed by atoms with van der Waals surface area (Å²) in [5.41, 5.74) is 0. The fraction of sp³-hybridized carbons (Fsp3) is 0.455. The van der Waals surface area contributed by atoms with Gasteiger partial charge in [0.25, 0.3) is 0 Å². The minimum Gasteiger partial charge on any atom is -0.384 e. The van der Waals surface area contributed by atoms with Crippen LogP contribution in [0, 0.1) is 11.8 Å². The molecule has 1 fully saturated rings. The molecule has 2 rings (SSSR count). The summed E-state index contributed by atoms with van der Waals surface area (Å²) in [5.74, 6) is 5.29. The van der Waals surface area contributed by atoms with Crippen molar-refractivity contribution in [2.45, 2.75) is 12.8 Å². The predicted octanol–water partition coefficient (Wildman–Crippen LogP) is 1.11. The van der Waals surface area contributed by atoms with Gasteiger partial charge in [-0.15, -0.1) is 0 Å². The third-order valence-electron chi connectivity index (χ3n) is 2.40. The number of anilines is 1. The van der Waals surface area contributed by atoms with Gasteiger partial charge in [-0.1, -0.05) is 23.2 Å². The van der Waals surface area contributed by atoms with E-state index < -0.39 is 0 Å². The van der Waals surface area contributed by atoms with Gasteiger partial charge < -0.3 is 10.0 Å². The molecule has 17 heavy (non-hydrogen) atoms. The molecular formula is C11H13N3O2S. The Bertz CT molecular complexity index is 455. The second-order valence-corrected chi connectivity index (χ2v) is 4.64. The monoisotopic (exact) mass is 251 g/mol. The van der Waals surface area contributed by atoms with Crippen LogP contribution in [0.3, 0.4) is 0 Å². The number of nitrogens with zero attached hydrogens (tertiary/aromatic N) is 2. The van der Waals surface area contributed by atoms with Crippen LogP contribution in [0.2, 0.25) is 0 Å². The minimum atomic E-state index is -0.173. The SMILES string of the molecule is O=C(Nc1ncc(C#CCO)s1)N1CCCC1. The molecule has 0 aromatic carbocycles. The van der Waals surface area contributed by atoms with E-state index in [-0.39, 0.29) is 12.6 Å². The second-order valence-electron chi connectivity index (χ2n) is 3.61. The molecule has 90 valence electrons. The highest BCUT2D eigenvalue weighted by Gasteiger charge is 2.18. The lowest BCUT2D eigenvalue weighted by Gasteiger charge is -2.14. The molecule has 0 aliphatic carbocycles. The topological polar surface area (TPSA) is 65.5 Å². The maximum absolute atomic E-state index is 11.7. The smallest absolute Gasteiger partial charge is 0.323 e. The molecule has 6 heteroatoms. The molecule has 0 atom stereocenters. The largest absolute Gasteiger partial charge is 0.384 e. The summed E-state index contributed by atoms with van der Waals surface area (Å²) < 4.78 is 0. The molecule has 0 unspecified atom stereocenters. The van der Waals surface area contributed by atoms with Gasteiger partial charge in [-0.2, -0.15) is 0 Å². The van der Waals surface area contributed by atoms with Crippen molar-refractivity contribution in [3.63, 3.8) is 0 Å². The molecule has 1 aliphatic heterocycles. The lowest BCUT2D eigenvalue weighted by molar-refractivity contribution is 0.222. The highest BCUT2D eigenvalue weighted by Crippen LogP contribution is 2.18. The van der Waals surface area contributed by atoms with Crippen LogP contribution in [-0.2, 0) is 0 Å². The summed E-state index contributed by atoms with van der Waals surface area (Å²) in [6.07, 6.45) is 3.73. The predicted molar refractivity (Wildman–Crippen MR) is 65.9 cm³/mol. The zero-order valence-electron chi connectivity index (χ0n) is 9.27. The Balaban J connectivity index is 1.94. The van der Waals surface area contributed by atoms with Gasteiger partial charge >= 0.3 is 6.03 Å². The van der Waals surface area contributed by atoms with Crippen LogP contribution in [-0.4, -0.2) is 40.7 Å². The minimum absolute atomic E-state index is 0.0986. The Morgan fingerprint density at radius 3 is 3.06 bits per heavy atom. The molecule has 1 aromatic heterocycles. The first-order valence-corrected chi connectivity index (χ1v) is 6.23. The Hall–Kier alpha value is -1.58. The van der Waals surface area contributed by atoms with Crippen LogP contribution in [0.15, 0.2) is 6.20 Å². The lowest BCUT2D eigenvalue weighted by Crippen LogP contribution is -2.32. The normalized spacial score (nSPS) is 14.3. The number of aliphatic hydroxyl groups is 1. The summed E-state index contributed by atoms with van der Waals surface area (Å²) in [4.78, 5) is 18.3. The Morgan fingerprint density at radius 1 is 1.59 bits per heavy atom. The van der Waals surface area contributed by atoms with E-state index in [0.29, 0.717) is 5.13 Å². The van der Waals surface area contributed by atoms with E-state index in [1.807, 2.05) is 0 Å². The Kier molecular flexibility index (Phi) is 3.96. The van der Waals surface area contributed by atoms with Crippen molar-refractivity contribution >= 4 is 22.5 Å². The molecule has 1 saturated heterocycles. The Labute approximate surface area is 103 Å². The molecule has 0 radical (unpaired) electrons. The van der Waals surface area contributed by atoms with Crippen molar-refractivity contribution in [1.82, 2.24) is 9.88 Å². The fourth-order valence-electron chi connectivity index (χ4n) is 1.61. The number of hydrogen-bond acceptors (Lipinski definition) is 4. The molecule has 1 aromatic rings. The average molecular weight is 251 g/mol. The molecule has 2 N–H and O–H groups in total. The van der Waals surface area contributed by atoms with Gasteiger partial charge in [-0.05, 0) is 12.8 Å². The number of aliphatic hydroxyl groups excluding tert-OH is 1. The summed E-state index contributed by atoms with van der Waals surface area (Å²) >= 11 is 1.31. The van der Waals surface area contributed by atoms with Crippen LogP contribution in [0.4, 0.5) is 9.93 Å². The highest BCUT2D eigenvalue weighted by atomic mass is 32.1. The van der Waals surface area contributed by atoms with E-state index in [2.05, 4.69) is 22.1 Å². The zero-order chi connectivity index (χ0) is 12.1. The van der Waals surface area contributed by atoms with E-state index in [9.17, 15) is 4.79 Å². The first-order chi connectivity index (χ1) is 8.29. The van der Waals surface area contributed by atoms with E-state index in [0.717, 1.165) is 30.8 Å². The number of aromatic nitrogens is 1. The molecule has 2 heterocycles. The fourth-order valence-corrected chi connectivity index (χ4v) is 2.29. The third-order valence-corrected chi connectivity index (χ3v) is 3.23. The highest BCUT2D eigenvalue weighted by molar-refractivity contribution is 7.16. The number of carbonyl (C=O) groups is 1. The van der Waals surface area contributed by atoms with Crippen molar-refractivity contribution < 1.29 is 9.90 Å². The van der Waals surface area contributed by atoms with E-state index >= 15 is 0 Å². The first-order valence-electron chi connectivity index (χ1n) is 5.41. The van der Waals surface area contributed by atoms with Gasteiger partial charge in [0.2, 0.25) is 0 Å². The van der Waals surface area contributed by atoms with Crippen molar-refractivity contribution in [3.8, 4) is 11.8 Å². The Morgan fingerprint density at radius 2 is 2.35 bits per heavy atom. The molecule has 0 spiro atoms. The molecule has 2 amide bonds. The van der Waals surface area contributed by atoms with Crippen molar-refractivity contribution in [2.24, 2.45) is 0 Å². The number of amides is 2. The van der Waals surface area contributed by atoms with Crippen molar-refractivity contribution in [1.29, 1.82) is 0 Å². The van der Waals surface area contributed by atoms with Gasteiger partial charge in [0.05, 0.1) is 11.1 Å². The maximum Gasteiger partial charge on any atom is 0.323 e. The van der Waals surface area contributed by atoms with E-state index in [1.54, 1.807) is 11.1 Å². The molecule has 5 nitrogen and oxygen atoms in total. The van der Waals surface area contributed by atoms with Gasteiger partial charge in [-0.25, -0.2) is 9.78 Å². The summed E-state index contributed by atoms with van der Waals surface area (Å²) in [7, 11) is 0. The van der Waals surface area contributed by atoms with Crippen LogP contribution in [0.1, 0.15) is 17.7 Å². The van der Waals surface area contributed by atoms with Crippen molar-refractivity contribution in [3.05, 3.63) is 11.1 Å². The number of nitrogens with one attached hydrogen (secondary N) is 1. The van der Waals surface area contributed by atoms with Crippen LogP contribution < -0.4 is 5.32 Å². The van der Waals surface area contributed by atoms with Crippen LogP contribution in [0.25, 0.3) is 0 Å². The second kappa shape index (κ2) is 5.66. The maximum atomic E-state index is 11.7. The average Bonchev–Trinajstić information content (AvgIpc) is 2.97. The summed E-state index contributed by atoms with van der Waals surface area (Å²) in [6.45, 7) is 1.45. The van der Waals surface area contributed by atoms with E-state index in [4.69, 9.17) is 5.11 Å². The number of likely N-dealkylation sites (tertiary alicyclic amines) is 1. The number of urea groups is 1. The van der Waals surface area contributed by atoms with Crippen molar-refractivity contribution in [2.75, 3.05) is 25.0 Å². The van der Waals surface area contributed by atoms with Crippen LogP contribution in [0.5, 0.6) is 0 Å². The number of carbonyl (C=O) groups excluding carboxylic acids is 1. The van der Waals surface area contributed by atoms with Crippen LogP contribution >= 0.6 is 11.3 Å². The quantitative estimate of drug-likeness (QED) is 0.735. The molecular weight excluding hydrogens is 238 g/mol. The van der Waals surface area contributed by atoms with E-state index in [1.165, 1.54) is 11.3 Å². The first kappa shape index (κ1) is 11.9. The summed E-state index contributed by atoms with van der Waals surface area (Å²) in [6, 6.07) is -0.0986.